The van der Waals surface area contributed by atoms with Crippen LogP contribution in [0.25, 0.3) is 0 Å². The van der Waals surface area contributed by atoms with E-state index in [9.17, 15) is 4.79 Å². The number of benzene rings is 1. The second kappa shape index (κ2) is 6.76. The quantitative estimate of drug-likeness (QED) is 0.749. The van der Waals surface area contributed by atoms with E-state index in [0.717, 1.165) is 16.6 Å². The van der Waals surface area contributed by atoms with E-state index < -0.39 is 0 Å². The first-order valence-electron chi connectivity index (χ1n) is 6.56. The van der Waals surface area contributed by atoms with Crippen molar-refractivity contribution in [2.75, 3.05) is 14.2 Å². The van der Waals surface area contributed by atoms with Gasteiger partial charge in [0.15, 0.2) is 17.3 Å². The average molecular weight is 353 g/mol. The van der Waals surface area contributed by atoms with Crippen molar-refractivity contribution >= 4 is 21.7 Å². The summed E-state index contributed by atoms with van der Waals surface area (Å²) in [5.74, 6) is 1.11. The van der Waals surface area contributed by atoms with Gasteiger partial charge in [-0.25, -0.2) is 0 Å². The number of carbonyl (C=O) groups is 1. The van der Waals surface area contributed by atoms with Crippen LogP contribution in [0.1, 0.15) is 23.0 Å². The monoisotopic (exact) mass is 352 g/mol. The molecule has 21 heavy (non-hydrogen) atoms. The highest BCUT2D eigenvalue weighted by atomic mass is 79.9. The second-order valence-corrected chi connectivity index (χ2v) is 5.32. The number of halogens is 1. The van der Waals surface area contributed by atoms with Gasteiger partial charge >= 0.3 is 0 Å². The van der Waals surface area contributed by atoms with Gasteiger partial charge in [0.2, 0.25) is 0 Å². The Kier molecular flexibility index (Phi) is 5.01. The molecule has 0 atom stereocenters. The van der Waals surface area contributed by atoms with Gasteiger partial charge in [0, 0.05) is 11.8 Å². The minimum absolute atomic E-state index is 0.0337. The molecule has 0 saturated heterocycles. The van der Waals surface area contributed by atoms with Gasteiger partial charge in [-0.2, -0.15) is 5.10 Å². The van der Waals surface area contributed by atoms with E-state index in [4.69, 9.17) is 9.47 Å². The first kappa shape index (κ1) is 15.6. The molecule has 0 spiro atoms. The number of ether oxygens (including phenoxy) is 2. The number of carbonyl (C=O) groups excluding carboxylic acids is 1. The van der Waals surface area contributed by atoms with Gasteiger partial charge in [0.25, 0.3) is 0 Å². The molecule has 0 N–H and O–H groups in total. The number of nitrogens with zero attached hydrogens (tertiary/aromatic N) is 2. The summed E-state index contributed by atoms with van der Waals surface area (Å²) in [7, 11) is 3.11. The summed E-state index contributed by atoms with van der Waals surface area (Å²) in [6.07, 6.45) is 2.63. The zero-order chi connectivity index (χ0) is 15.4. The first-order chi connectivity index (χ1) is 10.1. The zero-order valence-electron chi connectivity index (χ0n) is 12.2. The molecule has 0 radical (unpaired) electrons. The molecule has 1 aromatic carbocycles. The van der Waals surface area contributed by atoms with Crippen molar-refractivity contribution < 1.29 is 14.3 Å². The van der Waals surface area contributed by atoms with E-state index >= 15 is 0 Å². The van der Waals surface area contributed by atoms with Crippen LogP contribution in [0.4, 0.5) is 0 Å². The largest absolute Gasteiger partial charge is 0.493 e. The average Bonchev–Trinajstić information content (AvgIpc) is 2.86. The number of aryl methyl sites for hydroxylation is 1. The van der Waals surface area contributed by atoms with E-state index in [1.165, 1.54) is 0 Å². The Hall–Kier alpha value is -1.82. The first-order valence-corrected chi connectivity index (χ1v) is 7.35. The summed E-state index contributed by atoms with van der Waals surface area (Å²) in [6, 6.07) is 5.13. The minimum Gasteiger partial charge on any atom is -0.493 e. The summed E-state index contributed by atoms with van der Waals surface area (Å²) in [6.45, 7) is 2.21. The topological polar surface area (TPSA) is 53.4 Å². The van der Waals surface area contributed by atoms with Crippen molar-refractivity contribution in [3.05, 3.63) is 40.1 Å². The molecular formula is C15H17BrN2O3. The van der Waals surface area contributed by atoms with Crippen LogP contribution in [0.3, 0.4) is 0 Å². The molecule has 5 nitrogen and oxygen atoms in total. The highest BCUT2D eigenvalue weighted by Gasteiger charge is 2.13. The molecule has 0 aliphatic carbocycles. The standard InChI is InChI=1S/C15H17BrN2O3/c1-4-12-11(16)8-18(17-12)9-13(19)10-5-6-14(20-2)15(7-10)21-3/h5-8H,4,9H2,1-3H3. The smallest absolute Gasteiger partial charge is 0.184 e. The number of hydrogen-bond donors (Lipinski definition) is 0. The molecule has 1 heterocycles. The van der Waals surface area contributed by atoms with E-state index in [1.54, 1.807) is 37.1 Å². The van der Waals surface area contributed by atoms with Crippen LogP contribution in [0.15, 0.2) is 28.9 Å². The van der Waals surface area contributed by atoms with E-state index in [1.807, 2.05) is 13.1 Å². The Morgan fingerprint density at radius 3 is 2.57 bits per heavy atom. The lowest BCUT2D eigenvalue weighted by molar-refractivity contribution is 0.0967. The summed E-state index contributed by atoms with van der Waals surface area (Å²) in [5.41, 5.74) is 1.51. The third kappa shape index (κ3) is 3.44. The maximum atomic E-state index is 12.3. The number of Topliss-reactive ketones (excluding diaryl/α,β-unsaturated/α-hetero) is 1. The normalized spacial score (nSPS) is 10.5. The van der Waals surface area contributed by atoms with Crippen LogP contribution >= 0.6 is 15.9 Å². The van der Waals surface area contributed by atoms with E-state index in [2.05, 4.69) is 21.0 Å². The number of ketones is 1. The third-order valence-corrected chi connectivity index (χ3v) is 3.80. The van der Waals surface area contributed by atoms with Gasteiger partial charge in [-0.15, -0.1) is 0 Å². The summed E-state index contributed by atoms with van der Waals surface area (Å²) in [4.78, 5) is 12.3. The van der Waals surface area contributed by atoms with Gasteiger partial charge < -0.3 is 9.47 Å². The lowest BCUT2D eigenvalue weighted by Crippen LogP contribution is -2.11. The Morgan fingerprint density at radius 1 is 1.29 bits per heavy atom. The maximum absolute atomic E-state index is 12.3. The Bertz CT molecular complexity index is 652. The SMILES string of the molecule is CCc1nn(CC(=O)c2ccc(OC)c(OC)c2)cc1Br. The summed E-state index contributed by atoms with van der Waals surface area (Å²) in [5, 5.41) is 4.36. The van der Waals surface area contributed by atoms with Crippen LogP contribution in [0, 0.1) is 0 Å². The Morgan fingerprint density at radius 2 is 2.00 bits per heavy atom. The van der Waals surface area contributed by atoms with Crippen LogP contribution < -0.4 is 9.47 Å². The molecule has 6 heteroatoms. The highest BCUT2D eigenvalue weighted by molar-refractivity contribution is 9.10. The van der Waals surface area contributed by atoms with Gasteiger partial charge in [-0.1, -0.05) is 6.92 Å². The lowest BCUT2D eigenvalue weighted by Gasteiger charge is -2.09. The number of rotatable bonds is 6. The van der Waals surface area contributed by atoms with Crippen LogP contribution in [0.5, 0.6) is 11.5 Å². The predicted molar refractivity (Wildman–Crippen MR) is 83.2 cm³/mol. The molecule has 0 aliphatic heterocycles. The maximum Gasteiger partial charge on any atom is 0.184 e. The molecule has 0 fully saturated rings. The molecule has 0 unspecified atom stereocenters. The number of methoxy groups -OCH3 is 2. The molecule has 0 bridgehead atoms. The molecule has 0 saturated carbocycles. The van der Waals surface area contributed by atoms with Gasteiger partial charge in [-0.3, -0.25) is 9.48 Å². The molecule has 112 valence electrons. The predicted octanol–water partition coefficient (Wildman–Crippen LogP) is 3.11. The van der Waals surface area contributed by atoms with E-state index in [-0.39, 0.29) is 12.3 Å². The number of aromatic nitrogens is 2. The molecule has 2 rings (SSSR count). The van der Waals surface area contributed by atoms with Gasteiger partial charge in [-0.05, 0) is 40.5 Å². The van der Waals surface area contributed by atoms with Crippen molar-refractivity contribution in [1.82, 2.24) is 9.78 Å². The molecule has 0 aliphatic rings. The van der Waals surface area contributed by atoms with Gasteiger partial charge in [0.1, 0.15) is 6.54 Å². The van der Waals surface area contributed by atoms with Crippen LogP contribution in [-0.4, -0.2) is 29.8 Å². The highest BCUT2D eigenvalue weighted by Crippen LogP contribution is 2.27. The minimum atomic E-state index is -0.0337. The van der Waals surface area contributed by atoms with Crippen LogP contribution in [0.2, 0.25) is 0 Å². The van der Waals surface area contributed by atoms with Crippen molar-refractivity contribution in [2.24, 2.45) is 0 Å². The number of hydrogen-bond acceptors (Lipinski definition) is 4. The Labute approximate surface area is 132 Å². The van der Waals surface area contributed by atoms with Crippen molar-refractivity contribution in [2.45, 2.75) is 19.9 Å². The van der Waals surface area contributed by atoms with Crippen molar-refractivity contribution in [3.8, 4) is 11.5 Å². The third-order valence-electron chi connectivity index (χ3n) is 3.13. The molecular weight excluding hydrogens is 336 g/mol. The summed E-state index contributed by atoms with van der Waals surface area (Å²) < 4.78 is 12.9. The lowest BCUT2D eigenvalue weighted by atomic mass is 10.1. The van der Waals surface area contributed by atoms with Crippen molar-refractivity contribution in [3.63, 3.8) is 0 Å². The second-order valence-electron chi connectivity index (χ2n) is 4.47. The Balaban J connectivity index is 2.19. The van der Waals surface area contributed by atoms with Gasteiger partial charge in [0.05, 0.1) is 24.4 Å². The fourth-order valence-electron chi connectivity index (χ4n) is 2.01. The zero-order valence-corrected chi connectivity index (χ0v) is 13.8. The van der Waals surface area contributed by atoms with Crippen molar-refractivity contribution in [1.29, 1.82) is 0 Å². The fraction of sp³-hybridized carbons (Fsp3) is 0.333. The summed E-state index contributed by atoms with van der Waals surface area (Å²) >= 11 is 3.43. The fourth-order valence-corrected chi connectivity index (χ4v) is 2.60. The van der Waals surface area contributed by atoms with E-state index in [0.29, 0.717) is 17.1 Å². The molecule has 2 aromatic rings. The molecule has 1 aromatic heterocycles. The molecule has 0 amide bonds. The van der Waals surface area contributed by atoms with Crippen LogP contribution in [-0.2, 0) is 13.0 Å².